The molecule has 0 radical (unpaired) electrons. The summed E-state index contributed by atoms with van der Waals surface area (Å²) in [5.74, 6) is 0.373. The fourth-order valence-corrected chi connectivity index (χ4v) is 4.51. The summed E-state index contributed by atoms with van der Waals surface area (Å²) >= 11 is 0. The van der Waals surface area contributed by atoms with E-state index in [0.29, 0.717) is 23.8 Å². The Bertz CT molecular complexity index is 978. The number of rotatable bonds is 7. The van der Waals surface area contributed by atoms with Gasteiger partial charge in [-0.3, -0.25) is 10.1 Å². The van der Waals surface area contributed by atoms with E-state index >= 15 is 0 Å². The Kier molecular flexibility index (Phi) is 8.25. The summed E-state index contributed by atoms with van der Waals surface area (Å²) in [6, 6.07) is 7.66. The molecule has 190 valence electrons. The van der Waals surface area contributed by atoms with E-state index in [0.717, 1.165) is 57.5 Å². The van der Waals surface area contributed by atoms with Crippen LogP contribution in [0.2, 0.25) is 0 Å². The van der Waals surface area contributed by atoms with E-state index in [-0.39, 0.29) is 18.0 Å². The number of aromatic nitrogens is 1. The normalized spacial score (nSPS) is 22.1. The second kappa shape index (κ2) is 11.4. The third kappa shape index (κ3) is 7.16. The maximum absolute atomic E-state index is 12.8. The fourth-order valence-electron chi connectivity index (χ4n) is 4.51. The van der Waals surface area contributed by atoms with Crippen molar-refractivity contribution >= 4 is 17.4 Å². The molecule has 7 nitrogen and oxygen atoms in total. The number of piperidine rings is 2. The van der Waals surface area contributed by atoms with Crippen LogP contribution in [0.5, 0.6) is 0 Å². The van der Waals surface area contributed by atoms with Crippen LogP contribution in [0.3, 0.4) is 0 Å². The van der Waals surface area contributed by atoms with Crippen molar-refractivity contribution in [3.63, 3.8) is 0 Å². The number of hydrogen-bond donors (Lipinski definition) is 3. The average molecular weight is 492 g/mol. The third-order valence-electron chi connectivity index (χ3n) is 6.57. The summed E-state index contributed by atoms with van der Waals surface area (Å²) < 4.78 is 44.6. The second-order valence-electron chi connectivity index (χ2n) is 9.28. The van der Waals surface area contributed by atoms with Crippen LogP contribution in [0.1, 0.15) is 41.6 Å². The van der Waals surface area contributed by atoms with Crippen LogP contribution < -0.4 is 16.0 Å². The van der Waals surface area contributed by atoms with Crippen LogP contribution in [-0.4, -0.2) is 61.3 Å². The minimum atomic E-state index is -4.42. The van der Waals surface area contributed by atoms with Crippen molar-refractivity contribution < 1.29 is 22.7 Å². The lowest BCUT2D eigenvalue weighted by molar-refractivity contribution is -0.137. The fraction of sp³-hybridized carbons (Fsp3) is 0.520. The molecule has 2 unspecified atom stereocenters. The van der Waals surface area contributed by atoms with Gasteiger partial charge in [-0.15, -0.1) is 0 Å². The van der Waals surface area contributed by atoms with Gasteiger partial charge in [0.05, 0.1) is 17.2 Å². The summed E-state index contributed by atoms with van der Waals surface area (Å²) in [5, 5.41) is 9.41. The van der Waals surface area contributed by atoms with Gasteiger partial charge in [0, 0.05) is 31.5 Å². The third-order valence-corrected chi connectivity index (χ3v) is 6.57. The Hall–Kier alpha value is -2.69. The zero-order valence-electron chi connectivity index (χ0n) is 19.8. The van der Waals surface area contributed by atoms with Gasteiger partial charge < -0.3 is 20.3 Å². The van der Waals surface area contributed by atoms with Gasteiger partial charge in [0.25, 0.3) is 5.91 Å². The molecule has 10 heteroatoms. The van der Waals surface area contributed by atoms with Gasteiger partial charge in [-0.05, 0) is 81.6 Å². The van der Waals surface area contributed by atoms with Gasteiger partial charge >= 0.3 is 6.18 Å². The van der Waals surface area contributed by atoms with Crippen molar-refractivity contribution in [2.45, 2.75) is 44.2 Å². The number of anilines is 2. The molecule has 2 aliphatic rings. The molecule has 1 aromatic carbocycles. The lowest BCUT2D eigenvalue weighted by atomic mass is 9.96. The van der Waals surface area contributed by atoms with Crippen LogP contribution >= 0.6 is 0 Å². The number of carbonyl (C=O) groups is 1. The van der Waals surface area contributed by atoms with Crippen LogP contribution in [0.25, 0.3) is 0 Å². The second-order valence-corrected chi connectivity index (χ2v) is 9.28. The molecule has 2 fully saturated rings. The molecule has 0 aliphatic carbocycles. The Balaban J connectivity index is 1.31. The first-order chi connectivity index (χ1) is 16.8. The largest absolute Gasteiger partial charge is 0.416 e. The quantitative estimate of drug-likeness (QED) is 0.539. The number of ether oxygens (including phenoxy) is 1. The van der Waals surface area contributed by atoms with E-state index in [2.05, 4.69) is 32.9 Å². The van der Waals surface area contributed by atoms with Crippen LogP contribution in [0, 0.1) is 5.92 Å². The first kappa shape index (κ1) is 25.4. The average Bonchev–Trinajstić information content (AvgIpc) is 2.84. The highest BCUT2D eigenvalue weighted by Crippen LogP contribution is 2.30. The molecule has 4 rings (SSSR count). The van der Waals surface area contributed by atoms with Crippen LogP contribution in [0.4, 0.5) is 24.7 Å². The highest BCUT2D eigenvalue weighted by atomic mass is 19.4. The molecule has 0 bridgehead atoms. The smallest absolute Gasteiger partial charge is 0.369 e. The number of pyridine rings is 1. The summed E-state index contributed by atoms with van der Waals surface area (Å²) in [6.07, 6.45) is 1.44. The number of benzene rings is 1. The zero-order valence-corrected chi connectivity index (χ0v) is 19.8. The van der Waals surface area contributed by atoms with E-state index in [1.165, 1.54) is 12.1 Å². The van der Waals surface area contributed by atoms with Gasteiger partial charge in [-0.2, -0.15) is 13.2 Å². The van der Waals surface area contributed by atoms with E-state index in [9.17, 15) is 18.0 Å². The molecule has 2 aromatic rings. The molecular formula is C25H32F3N5O2. The Morgan fingerprint density at radius 1 is 1.17 bits per heavy atom. The minimum absolute atomic E-state index is 0.0233. The van der Waals surface area contributed by atoms with E-state index < -0.39 is 17.6 Å². The predicted octanol–water partition coefficient (Wildman–Crippen LogP) is 4.20. The van der Waals surface area contributed by atoms with E-state index in [4.69, 9.17) is 4.74 Å². The summed E-state index contributed by atoms with van der Waals surface area (Å²) in [5.41, 5.74) is -0.148. The lowest BCUT2D eigenvalue weighted by Crippen LogP contribution is -2.45. The van der Waals surface area contributed by atoms with Crippen molar-refractivity contribution in [1.29, 1.82) is 0 Å². The molecule has 3 heterocycles. The van der Waals surface area contributed by atoms with E-state index in [1.807, 2.05) is 0 Å². The van der Waals surface area contributed by atoms with Crippen molar-refractivity contribution in [3.8, 4) is 0 Å². The molecule has 35 heavy (non-hydrogen) atoms. The van der Waals surface area contributed by atoms with Gasteiger partial charge in [-0.25, -0.2) is 4.98 Å². The number of alkyl halides is 3. The summed E-state index contributed by atoms with van der Waals surface area (Å²) in [4.78, 5) is 19.5. The maximum Gasteiger partial charge on any atom is 0.416 e. The number of likely N-dealkylation sites (tertiary alicyclic amines) is 1. The van der Waals surface area contributed by atoms with Gasteiger partial charge in [-0.1, -0.05) is 0 Å². The number of carbonyl (C=O) groups excluding carboxylic acids is 1. The molecule has 1 amide bonds. The minimum Gasteiger partial charge on any atom is -0.369 e. The molecule has 3 N–H and O–H groups in total. The summed E-state index contributed by atoms with van der Waals surface area (Å²) in [6.45, 7) is 3.62. The van der Waals surface area contributed by atoms with Crippen molar-refractivity contribution in [1.82, 2.24) is 15.2 Å². The lowest BCUT2D eigenvalue weighted by Gasteiger charge is -2.36. The molecule has 2 aliphatic heterocycles. The zero-order chi connectivity index (χ0) is 24.8. The molecule has 1 aromatic heterocycles. The molecule has 0 saturated carbocycles. The molecule has 2 atom stereocenters. The summed E-state index contributed by atoms with van der Waals surface area (Å²) in [7, 11) is 2.13. The van der Waals surface area contributed by atoms with E-state index in [1.54, 1.807) is 18.3 Å². The topological polar surface area (TPSA) is 78.5 Å². The van der Waals surface area contributed by atoms with Crippen LogP contribution in [0.15, 0.2) is 42.6 Å². The highest BCUT2D eigenvalue weighted by Gasteiger charge is 2.30. The molecule has 2 saturated heterocycles. The highest BCUT2D eigenvalue weighted by molar-refractivity contribution is 6.07. The molecule has 0 spiro atoms. The number of hydrogen-bond acceptors (Lipinski definition) is 6. The number of nitrogens with one attached hydrogen (secondary N) is 3. The predicted molar refractivity (Wildman–Crippen MR) is 128 cm³/mol. The number of nitrogens with zero attached hydrogens (tertiary/aromatic N) is 2. The maximum atomic E-state index is 12.8. The van der Waals surface area contributed by atoms with Crippen molar-refractivity contribution in [3.05, 3.63) is 53.7 Å². The first-order valence-electron chi connectivity index (χ1n) is 12.0. The van der Waals surface area contributed by atoms with Crippen LogP contribution in [-0.2, 0) is 10.9 Å². The molecular weight excluding hydrogens is 459 g/mol. The SMILES string of the molecule is CN1CCC(OC2CC(CNc3ncccc3C(=O)Nc3ccc(C(F)(F)F)cc3)CCN2)CC1. The van der Waals surface area contributed by atoms with Gasteiger partial charge in [0.15, 0.2) is 0 Å². The van der Waals surface area contributed by atoms with Gasteiger partial charge in [0.2, 0.25) is 0 Å². The van der Waals surface area contributed by atoms with Crippen molar-refractivity contribution in [2.24, 2.45) is 5.92 Å². The standard InChI is InChI=1S/C25H32F3N5O2/c1-33-13-9-20(10-14-33)35-22-15-17(8-12-29-22)16-31-23-21(3-2-11-30-23)24(34)32-19-6-4-18(5-7-19)25(26,27)28/h2-7,11,17,20,22,29H,8-10,12-16H2,1H3,(H,30,31)(H,32,34). The number of amides is 1. The Morgan fingerprint density at radius 2 is 1.91 bits per heavy atom. The Labute approximate surface area is 203 Å². The number of halogens is 3. The van der Waals surface area contributed by atoms with Crippen molar-refractivity contribution in [2.75, 3.05) is 43.9 Å². The Morgan fingerprint density at radius 3 is 2.63 bits per heavy atom. The van der Waals surface area contributed by atoms with Gasteiger partial charge in [0.1, 0.15) is 12.0 Å². The first-order valence-corrected chi connectivity index (χ1v) is 12.0. The monoisotopic (exact) mass is 491 g/mol.